The van der Waals surface area contributed by atoms with E-state index in [2.05, 4.69) is 25.3 Å². The van der Waals surface area contributed by atoms with Crippen LogP contribution in [0.4, 0.5) is 24.8 Å². The van der Waals surface area contributed by atoms with Crippen LogP contribution in [0.2, 0.25) is 5.02 Å². The van der Waals surface area contributed by atoms with E-state index in [0.29, 0.717) is 33.1 Å². The molecule has 2 aromatic carbocycles. The Morgan fingerprint density at radius 3 is 2.83 bits per heavy atom. The van der Waals surface area contributed by atoms with Gasteiger partial charge in [-0.05, 0) is 35.9 Å². The smallest absolute Gasteiger partial charge is 0.406 e. The molecule has 0 saturated heterocycles. The standard InChI is InChI=1S/C20H14ClF3N4O2/c21-13-4-5-15-16(8-13)27-17(29)7-12-10-26-19(28-18(12)15)25-9-11-2-1-3-14(6-11)30-20(22,23)24/h1-6,8,10H,7,9H2,(H,27,29)(H,25,26,28). The van der Waals surface area contributed by atoms with E-state index in [1.165, 1.54) is 18.2 Å². The second-order valence-corrected chi connectivity index (χ2v) is 6.97. The summed E-state index contributed by atoms with van der Waals surface area (Å²) in [6.45, 7) is 0.179. The van der Waals surface area contributed by atoms with Gasteiger partial charge in [0.15, 0.2) is 0 Å². The number of rotatable bonds is 4. The lowest BCUT2D eigenvalue weighted by atomic mass is 10.1. The summed E-state index contributed by atoms with van der Waals surface area (Å²) in [6.07, 6.45) is -3.09. The third-order valence-corrected chi connectivity index (χ3v) is 4.54. The highest BCUT2D eigenvalue weighted by Crippen LogP contribution is 2.34. The topological polar surface area (TPSA) is 76.1 Å². The molecule has 1 aliphatic rings. The number of aromatic nitrogens is 2. The lowest BCUT2D eigenvalue weighted by Crippen LogP contribution is -2.17. The molecular formula is C20H14ClF3N4O2. The van der Waals surface area contributed by atoms with Gasteiger partial charge in [-0.1, -0.05) is 23.7 Å². The minimum absolute atomic E-state index is 0.110. The Balaban J connectivity index is 1.58. The van der Waals surface area contributed by atoms with Crippen molar-refractivity contribution in [3.8, 4) is 17.0 Å². The van der Waals surface area contributed by atoms with E-state index in [-0.39, 0.29) is 30.6 Å². The number of alkyl halides is 3. The molecule has 10 heteroatoms. The van der Waals surface area contributed by atoms with Gasteiger partial charge in [-0.25, -0.2) is 9.97 Å². The van der Waals surface area contributed by atoms with Crippen LogP contribution in [-0.4, -0.2) is 22.2 Å². The van der Waals surface area contributed by atoms with Gasteiger partial charge in [0.25, 0.3) is 0 Å². The summed E-state index contributed by atoms with van der Waals surface area (Å²) in [5.74, 6) is -0.241. The van der Waals surface area contributed by atoms with Crippen LogP contribution < -0.4 is 15.4 Å². The molecule has 2 heterocycles. The normalized spacial score (nSPS) is 13.0. The maximum Gasteiger partial charge on any atom is 0.573 e. The summed E-state index contributed by atoms with van der Waals surface area (Å²) in [7, 11) is 0. The number of ether oxygens (including phenoxy) is 1. The molecule has 0 aliphatic carbocycles. The third kappa shape index (κ3) is 4.62. The van der Waals surface area contributed by atoms with Crippen LogP contribution in [0.25, 0.3) is 11.3 Å². The first-order chi connectivity index (χ1) is 14.3. The van der Waals surface area contributed by atoms with E-state index in [4.69, 9.17) is 11.6 Å². The highest BCUT2D eigenvalue weighted by molar-refractivity contribution is 6.31. The highest BCUT2D eigenvalue weighted by atomic mass is 35.5. The molecule has 3 aromatic rings. The molecule has 0 bridgehead atoms. The van der Waals surface area contributed by atoms with Crippen molar-refractivity contribution in [1.29, 1.82) is 0 Å². The van der Waals surface area contributed by atoms with Gasteiger partial charge in [-0.3, -0.25) is 4.79 Å². The second-order valence-electron chi connectivity index (χ2n) is 6.53. The first-order valence-electron chi connectivity index (χ1n) is 8.81. The molecule has 6 nitrogen and oxygen atoms in total. The first-order valence-corrected chi connectivity index (χ1v) is 9.19. The lowest BCUT2D eigenvalue weighted by molar-refractivity contribution is -0.274. The molecule has 154 valence electrons. The molecule has 0 fully saturated rings. The zero-order chi connectivity index (χ0) is 21.3. The fourth-order valence-corrected chi connectivity index (χ4v) is 3.25. The van der Waals surface area contributed by atoms with Crippen LogP contribution in [0, 0.1) is 0 Å². The van der Waals surface area contributed by atoms with Gasteiger partial charge in [0.2, 0.25) is 11.9 Å². The van der Waals surface area contributed by atoms with E-state index < -0.39 is 6.36 Å². The molecule has 0 unspecified atom stereocenters. The van der Waals surface area contributed by atoms with Crippen molar-refractivity contribution in [3.63, 3.8) is 0 Å². The fourth-order valence-electron chi connectivity index (χ4n) is 3.08. The van der Waals surface area contributed by atoms with E-state index in [9.17, 15) is 18.0 Å². The van der Waals surface area contributed by atoms with Gasteiger partial charge in [0.05, 0.1) is 17.8 Å². The monoisotopic (exact) mass is 434 g/mol. The predicted molar refractivity (Wildman–Crippen MR) is 105 cm³/mol. The van der Waals surface area contributed by atoms with E-state index in [1.807, 2.05) is 0 Å². The summed E-state index contributed by atoms with van der Waals surface area (Å²) < 4.78 is 41.1. The maximum atomic E-state index is 12.4. The Hall–Kier alpha value is -3.33. The fraction of sp³-hybridized carbons (Fsp3) is 0.150. The SMILES string of the molecule is O=C1Cc2cnc(NCc3cccc(OC(F)(F)F)c3)nc2-c2ccc(Cl)cc2N1. The summed E-state index contributed by atoms with van der Waals surface area (Å²) in [6, 6.07) is 10.7. The molecular weight excluding hydrogens is 421 g/mol. The van der Waals surface area contributed by atoms with Crippen molar-refractivity contribution in [1.82, 2.24) is 9.97 Å². The Bertz CT molecular complexity index is 1120. The number of carbonyl (C=O) groups is 1. The highest BCUT2D eigenvalue weighted by Gasteiger charge is 2.31. The van der Waals surface area contributed by atoms with Gasteiger partial charge in [0, 0.05) is 28.9 Å². The van der Waals surface area contributed by atoms with Gasteiger partial charge >= 0.3 is 6.36 Å². The van der Waals surface area contributed by atoms with Crippen molar-refractivity contribution < 1.29 is 22.7 Å². The average molecular weight is 435 g/mol. The number of nitrogens with one attached hydrogen (secondary N) is 2. The summed E-state index contributed by atoms with van der Waals surface area (Å²) >= 11 is 6.03. The van der Waals surface area contributed by atoms with Crippen molar-refractivity contribution in [2.75, 3.05) is 10.6 Å². The molecule has 30 heavy (non-hydrogen) atoms. The quantitative estimate of drug-likeness (QED) is 0.616. The summed E-state index contributed by atoms with van der Waals surface area (Å²) in [4.78, 5) is 20.9. The minimum atomic E-state index is -4.76. The molecule has 2 N–H and O–H groups in total. The largest absolute Gasteiger partial charge is 0.573 e. The third-order valence-electron chi connectivity index (χ3n) is 4.31. The summed E-state index contributed by atoms with van der Waals surface area (Å²) in [5.41, 5.74) is 3.03. The van der Waals surface area contributed by atoms with Crippen molar-refractivity contribution >= 4 is 29.1 Å². The summed E-state index contributed by atoms with van der Waals surface area (Å²) in [5, 5.41) is 6.26. The van der Waals surface area contributed by atoms with Crippen molar-refractivity contribution in [2.45, 2.75) is 19.3 Å². The maximum absolute atomic E-state index is 12.4. The van der Waals surface area contributed by atoms with Crippen LogP contribution in [0.5, 0.6) is 5.75 Å². The van der Waals surface area contributed by atoms with Crippen LogP contribution in [0.15, 0.2) is 48.7 Å². The first kappa shape index (κ1) is 20.0. The molecule has 0 spiro atoms. The lowest BCUT2D eigenvalue weighted by Gasteiger charge is -2.12. The van der Waals surface area contributed by atoms with Gasteiger partial charge in [-0.15, -0.1) is 13.2 Å². The molecule has 0 atom stereocenters. The number of carbonyl (C=O) groups excluding carboxylic acids is 1. The van der Waals surface area contributed by atoms with E-state index in [1.54, 1.807) is 30.5 Å². The number of benzene rings is 2. The molecule has 1 amide bonds. The van der Waals surface area contributed by atoms with Crippen molar-refractivity contribution in [2.24, 2.45) is 0 Å². The minimum Gasteiger partial charge on any atom is -0.406 e. The Morgan fingerprint density at radius 1 is 1.20 bits per heavy atom. The number of hydrogen-bond donors (Lipinski definition) is 2. The molecule has 1 aliphatic heterocycles. The predicted octanol–water partition coefficient (Wildman–Crippen LogP) is 4.80. The number of nitrogens with zero attached hydrogens (tertiary/aromatic N) is 2. The molecule has 0 radical (unpaired) electrons. The Labute approximate surface area is 174 Å². The van der Waals surface area contributed by atoms with Gasteiger partial charge < -0.3 is 15.4 Å². The van der Waals surface area contributed by atoms with Crippen LogP contribution in [0.3, 0.4) is 0 Å². The van der Waals surface area contributed by atoms with Crippen LogP contribution in [0.1, 0.15) is 11.1 Å². The van der Waals surface area contributed by atoms with Crippen LogP contribution >= 0.6 is 11.6 Å². The zero-order valence-electron chi connectivity index (χ0n) is 15.3. The number of fused-ring (bicyclic) bond motifs is 3. The van der Waals surface area contributed by atoms with E-state index in [0.717, 1.165) is 0 Å². The van der Waals surface area contributed by atoms with Crippen molar-refractivity contribution in [3.05, 3.63) is 64.8 Å². The number of hydrogen-bond acceptors (Lipinski definition) is 5. The molecule has 1 aromatic heterocycles. The molecule has 4 rings (SSSR count). The number of amides is 1. The van der Waals surface area contributed by atoms with Gasteiger partial charge in [-0.2, -0.15) is 0 Å². The average Bonchev–Trinajstić information content (AvgIpc) is 2.79. The van der Waals surface area contributed by atoms with Crippen LogP contribution in [-0.2, 0) is 17.8 Å². The van der Waals surface area contributed by atoms with Gasteiger partial charge in [0.1, 0.15) is 5.75 Å². The van der Waals surface area contributed by atoms with E-state index >= 15 is 0 Å². The Morgan fingerprint density at radius 2 is 2.03 bits per heavy atom. The second kappa shape index (κ2) is 7.83. The Kier molecular flexibility index (Phi) is 5.21. The number of halogens is 4. The number of anilines is 2. The zero-order valence-corrected chi connectivity index (χ0v) is 16.0. The molecule has 0 saturated carbocycles.